The fourth-order valence-corrected chi connectivity index (χ4v) is 2.66. The number of hydrogen-bond acceptors (Lipinski definition) is 1. The number of halogens is 1. The molecule has 0 spiro atoms. The molecule has 1 heterocycles. The molecule has 11 heavy (non-hydrogen) atoms. The molecule has 1 aliphatic heterocycles. The van der Waals surface area contributed by atoms with Crippen LogP contribution in [-0.2, 0) is 5.21 Å². The number of hydroxylamine groups is 2. The van der Waals surface area contributed by atoms with Crippen molar-refractivity contribution in [2.75, 3.05) is 0 Å². The first-order chi connectivity index (χ1) is 4.78. The van der Waals surface area contributed by atoms with E-state index in [1.165, 1.54) is 5.06 Å². The van der Waals surface area contributed by atoms with Gasteiger partial charge in [0.1, 0.15) is 0 Å². The molecule has 0 aromatic carbocycles. The Kier molecular flexibility index (Phi) is 2.11. The molecule has 65 valence electrons. The van der Waals surface area contributed by atoms with E-state index in [2.05, 4.69) is 15.9 Å². The number of nitrogens with zero attached hydrogens (tertiary/aromatic N) is 1. The van der Waals surface area contributed by atoms with E-state index in [1.54, 1.807) is 0 Å². The van der Waals surface area contributed by atoms with Crippen molar-refractivity contribution in [3.8, 4) is 0 Å². The Labute approximate surface area is 76.7 Å². The van der Waals surface area contributed by atoms with E-state index in [-0.39, 0.29) is 11.1 Å². The van der Waals surface area contributed by atoms with Crippen LogP contribution in [0.1, 0.15) is 34.1 Å². The molecular weight excluding hydrogens is 206 g/mol. The van der Waals surface area contributed by atoms with E-state index in [0.717, 1.165) is 6.42 Å². The topological polar surface area (TPSA) is 23.1 Å². The van der Waals surface area contributed by atoms with Gasteiger partial charge in [-0.15, -0.1) is 10.3 Å². The Morgan fingerprint density at radius 3 is 1.91 bits per heavy atom. The highest BCUT2D eigenvalue weighted by Gasteiger charge is 2.51. The summed E-state index contributed by atoms with van der Waals surface area (Å²) < 4.78 is 0. The van der Waals surface area contributed by atoms with E-state index in [4.69, 9.17) is 0 Å². The van der Waals surface area contributed by atoms with Gasteiger partial charge in [-0.2, -0.15) is 0 Å². The van der Waals surface area contributed by atoms with Crippen molar-refractivity contribution in [2.24, 2.45) is 0 Å². The van der Waals surface area contributed by atoms with Gasteiger partial charge in [0.15, 0.2) is 0 Å². The minimum atomic E-state index is -0.260. The first-order valence-corrected chi connectivity index (χ1v) is 4.81. The summed E-state index contributed by atoms with van der Waals surface area (Å²) in [6, 6.07) is 0. The number of rotatable bonds is 0. The van der Waals surface area contributed by atoms with Crippen LogP contribution in [0.3, 0.4) is 0 Å². The Morgan fingerprint density at radius 2 is 1.82 bits per heavy atom. The molecule has 1 fully saturated rings. The molecule has 1 saturated heterocycles. The van der Waals surface area contributed by atoms with Crippen LogP contribution in [-0.4, -0.2) is 21.0 Å². The third kappa shape index (κ3) is 1.34. The molecule has 1 rings (SSSR count). The van der Waals surface area contributed by atoms with Crippen LogP contribution >= 0.6 is 15.9 Å². The van der Waals surface area contributed by atoms with E-state index < -0.39 is 0 Å². The summed E-state index contributed by atoms with van der Waals surface area (Å²) in [7, 11) is 0. The number of alkyl halides is 1. The highest BCUT2D eigenvalue weighted by molar-refractivity contribution is 9.09. The standard InChI is InChI=1S/C8H15BrNO/c1-7(2)5-6(9)8(3,4)10(7)11/h6H,5H2,1-4H3. The predicted molar refractivity (Wildman–Crippen MR) is 48.0 cm³/mol. The molecule has 1 atom stereocenters. The molecule has 0 N–H and O–H groups in total. The lowest BCUT2D eigenvalue weighted by molar-refractivity contribution is -0.243. The van der Waals surface area contributed by atoms with Gasteiger partial charge in [-0.05, 0) is 34.1 Å². The van der Waals surface area contributed by atoms with Crippen LogP contribution in [0.25, 0.3) is 0 Å². The molecule has 0 amide bonds. The monoisotopic (exact) mass is 220 g/mol. The molecule has 0 bridgehead atoms. The lowest BCUT2D eigenvalue weighted by Gasteiger charge is -2.32. The molecule has 0 aliphatic carbocycles. The lowest BCUT2D eigenvalue weighted by Crippen LogP contribution is -2.46. The van der Waals surface area contributed by atoms with Gasteiger partial charge in [0.25, 0.3) is 0 Å². The summed E-state index contributed by atoms with van der Waals surface area (Å²) >= 11 is 3.53. The third-order valence-electron chi connectivity index (χ3n) is 2.52. The van der Waals surface area contributed by atoms with Crippen molar-refractivity contribution < 1.29 is 5.21 Å². The molecule has 0 aromatic heterocycles. The van der Waals surface area contributed by atoms with Gasteiger partial charge in [0.2, 0.25) is 0 Å². The zero-order chi connectivity index (χ0) is 8.86. The average Bonchev–Trinajstić information content (AvgIpc) is 1.94. The largest absolute Gasteiger partial charge is 0.143 e. The zero-order valence-electron chi connectivity index (χ0n) is 7.52. The second kappa shape index (κ2) is 2.44. The molecule has 2 nitrogen and oxygen atoms in total. The minimum absolute atomic E-state index is 0.211. The quantitative estimate of drug-likeness (QED) is 0.576. The SMILES string of the molecule is CC1(C)CC(Br)C(C)(C)N1[O]. The van der Waals surface area contributed by atoms with Gasteiger partial charge < -0.3 is 0 Å². The van der Waals surface area contributed by atoms with Crippen molar-refractivity contribution in [1.82, 2.24) is 5.06 Å². The van der Waals surface area contributed by atoms with E-state index in [9.17, 15) is 5.21 Å². The van der Waals surface area contributed by atoms with E-state index >= 15 is 0 Å². The third-order valence-corrected chi connectivity index (χ3v) is 3.96. The second-order valence-electron chi connectivity index (χ2n) is 4.43. The molecule has 0 saturated carbocycles. The summed E-state index contributed by atoms with van der Waals surface area (Å²) in [5.74, 6) is 0. The van der Waals surface area contributed by atoms with Crippen LogP contribution in [0, 0.1) is 0 Å². The van der Waals surface area contributed by atoms with Crippen molar-refractivity contribution in [2.45, 2.75) is 50.0 Å². The van der Waals surface area contributed by atoms with Gasteiger partial charge >= 0.3 is 0 Å². The van der Waals surface area contributed by atoms with Gasteiger partial charge in [-0.3, -0.25) is 0 Å². The first kappa shape index (κ1) is 9.49. The van der Waals surface area contributed by atoms with Gasteiger partial charge in [-0.1, -0.05) is 15.9 Å². The van der Waals surface area contributed by atoms with Crippen molar-refractivity contribution in [3.63, 3.8) is 0 Å². The van der Waals surface area contributed by atoms with Crippen molar-refractivity contribution in [3.05, 3.63) is 0 Å². The summed E-state index contributed by atoms with van der Waals surface area (Å²) in [5.41, 5.74) is -0.471. The smallest absolute Gasteiger partial charge is 0.0569 e. The van der Waals surface area contributed by atoms with Gasteiger partial charge in [0, 0.05) is 10.4 Å². The van der Waals surface area contributed by atoms with Crippen LogP contribution in [0.2, 0.25) is 0 Å². The van der Waals surface area contributed by atoms with Gasteiger partial charge in [0.05, 0.1) is 5.54 Å². The van der Waals surface area contributed by atoms with Crippen molar-refractivity contribution in [1.29, 1.82) is 0 Å². The van der Waals surface area contributed by atoms with Crippen LogP contribution in [0.5, 0.6) is 0 Å². The Morgan fingerprint density at radius 1 is 1.36 bits per heavy atom. The molecule has 0 aromatic rings. The Bertz CT molecular complexity index is 167. The van der Waals surface area contributed by atoms with E-state index in [0.29, 0.717) is 4.83 Å². The van der Waals surface area contributed by atoms with Gasteiger partial charge in [-0.25, -0.2) is 0 Å². The minimum Gasteiger partial charge on any atom is -0.143 e. The summed E-state index contributed by atoms with van der Waals surface area (Å²) in [6.07, 6.45) is 0.920. The second-order valence-corrected chi connectivity index (χ2v) is 5.54. The van der Waals surface area contributed by atoms with Crippen molar-refractivity contribution >= 4 is 15.9 Å². The average molecular weight is 221 g/mol. The zero-order valence-corrected chi connectivity index (χ0v) is 9.10. The molecule has 1 unspecified atom stereocenters. The predicted octanol–water partition coefficient (Wildman–Crippen LogP) is 2.36. The molecule has 1 aliphatic rings. The summed E-state index contributed by atoms with van der Waals surface area (Å²) in [4.78, 5) is 0.308. The number of hydrogen-bond donors (Lipinski definition) is 0. The van der Waals surface area contributed by atoms with Crippen LogP contribution in [0.15, 0.2) is 0 Å². The Balaban J connectivity index is 2.89. The highest BCUT2D eigenvalue weighted by Crippen LogP contribution is 2.42. The normalized spacial score (nSPS) is 36.0. The van der Waals surface area contributed by atoms with E-state index in [1.807, 2.05) is 27.7 Å². The van der Waals surface area contributed by atoms with Crippen LogP contribution in [0.4, 0.5) is 0 Å². The fraction of sp³-hybridized carbons (Fsp3) is 1.00. The lowest BCUT2D eigenvalue weighted by atomic mass is 10.0. The first-order valence-electron chi connectivity index (χ1n) is 3.90. The fourth-order valence-electron chi connectivity index (χ4n) is 1.68. The Hall–Kier alpha value is 0.400. The molecular formula is C8H15BrNO. The summed E-state index contributed by atoms with van der Waals surface area (Å²) in [5, 5.41) is 12.9. The highest BCUT2D eigenvalue weighted by atomic mass is 79.9. The maximum Gasteiger partial charge on any atom is 0.0569 e. The summed E-state index contributed by atoms with van der Waals surface area (Å²) in [6.45, 7) is 7.94. The molecule has 1 radical (unpaired) electrons. The van der Waals surface area contributed by atoms with Crippen LogP contribution < -0.4 is 0 Å². The maximum atomic E-state index is 11.6. The maximum absolute atomic E-state index is 11.6. The molecule has 3 heteroatoms.